The van der Waals surface area contributed by atoms with Crippen molar-refractivity contribution in [3.63, 3.8) is 0 Å². The van der Waals surface area contributed by atoms with Crippen LogP contribution in [0.15, 0.2) is 59.8 Å². The Labute approximate surface area is 180 Å². The number of para-hydroxylation sites is 1. The van der Waals surface area contributed by atoms with Crippen LogP contribution in [0.1, 0.15) is 41.6 Å². The molecule has 1 aromatic heterocycles. The first kappa shape index (κ1) is 21.6. The van der Waals surface area contributed by atoms with E-state index in [9.17, 15) is 9.59 Å². The summed E-state index contributed by atoms with van der Waals surface area (Å²) in [6, 6.07) is 16.4. The van der Waals surface area contributed by atoms with Gasteiger partial charge in [-0.25, -0.2) is 0 Å². The predicted octanol–water partition coefficient (Wildman–Crippen LogP) is 3.83. The fourth-order valence-corrected chi connectivity index (χ4v) is 3.81. The summed E-state index contributed by atoms with van der Waals surface area (Å²) in [6.07, 6.45) is 0. The van der Waals surface area contributed by atoms with Crippen LogP contribution >= 0.6 is 11.8 Å². The summed E-state index contributed by atoms with van der Waals surface area (Å²) in [5, 5.41) is 15.0. The lowest BCUT2D eigenvalue weighted by Gasteiger charge is -2.15. The lowest BCUT2D eigenvalue weighted by Crippen LogP contribution is -2.28. The first-order chi connectivity index (χ1) is 14.5. The van der Waals surface area contributed by atoms with Gasteiger partial charge in [-0.2, -0.15) is 0 Å². The van der Waals surface area contributed by atoms with Gasteiger partial charge in [0.05, 0.1) is 11.8 Å². The molecule has 3 aromatic rings. The number of hydrogen-bond acceptors (Lipinski definition) is 5. The average molecular weight is 424 g/mol. The van der Waals surface area contributed by atoms with Gasteiger partial charge in [0, 0.05) is 17.8 Å². The fourth-order valence-electron chi connectivity index (χ4n) is 3.00. The van der Waals surface area contributed by atoms with Crippen LogP contribution in [0, 0.1) is 6.92 Å². The van der Waals surface area contributed by atoms with Crippen molar-refractivity contribution in [3.8, 4) is 0 Å². The van der Waals surface area contributed by atoms with Gasteiger partial charge in [0.1, 0.15) is 0 Å². The van der Waals surface area contributed by atoms with E-state index in [1.165, 1.54) is 11.8 Å². The molecule has 2 N–H and O–H groups in total. The quantitative estimate of drug-likeness (QED) is 0.538. The van der Waals surface area contributed by atoms with Crippen molar-refractivity contribution in [2.24, 2.45) is 0 Å². The number of thioether (sulfide) groups is 1. The summed E-state index contributed by atoms with van der Waals surface area (Å²) in [5.74, 6) is 0.605. The molecule has 7 nitrogen and oxygen atoms in total. The van der Waals surface area contributed by atoms with Crippen LogP contribution in [0.25, 0.3) is 0 Å². The molecule has 30 heavy (non-hydrogen) atoms. The van der Waals surface area contributed by atoms with Crippen LogP contribution in [0.5, 0.6) is 0 Å². The maximum atomic E-state index is 12.5. The Kier molecular flexibility index (Phi) is 7.24. The number of amides is 2. The van der Waals surface area contributed by atoms with E-state index < -0.39 is 0 Å². The van der Waals surface area contributed by atoms with Crippen LogP contribution in [0.4, 0.5) is 5.69 Å². The Hall–Kier alpha value is -3.13. The van der Waals surface area contributed by atoms with Gasteiger partial charge in [0.15, 0.2) is 11.0 Å². The summed E-state index contributed by atoms with van der Waals surface area (Å²) >= 11 is 1.32. The highest BCUT2D eigenvalue weighted by molar-refractivity contribution is 7.99. The molecular weight excluding hydrogens is 398 g/mol. The third-order valence-electron chi connectivity index (χ3n) is 4.47. The molecule has 0 aliphatic rings. The summed E-state index contributed by atoms with van der Waals surface area (Å²) in [7, 11) is 0. The summed E-state index contributed by atoms with van der Waals surface area (Å²) < 4.78 is 1.92. The molecule has 2 aromatic carbocycles. The van der Waals surface area contributed by atoms with E-state index in [1.54, 1.807) is 6.07 Å². The van der Waals surface area contributed by atoms with E-state index in [4.69, 9.17) is 0 Å². The van der Waals surface area contributed by atoms with Gasteiger partial charge in [-0.3, -0.25) is 9.59 Å². The first-order valence-corrected chi connectivity index (χ1v) is 10.7. The van der Waals surface area contributed by atoms with E-state index in [-0.39, 0.29) is 23.6 Å². The summed E-state index contributed by atoms with van der Waals surface area (Å²) in [4.78, 5) is 24.8. The lowest BCUT2D eigenvalue weighted by atomic mass is 10.1. The maximum Gasteiger partial charge on any atom is 0.251 e. The second kappa shape index (κ2) is 10.1. The van der Waals surface area contributed by atoms with Gasteiger partial charge in [0.25, 0.3) is 5.91 Å². The molecule has 0 unspecified atom stereocenters. The fraction of sp³-hybridized carbons (Fsp3) is 0.273. The highest BCUT2D eigenvalue weighted by Gasteiger charge is 2.20. The zero-order valence-electron chi connectivity index (χ0n) is 17.3. The lowest BCUT2D eigenvalue weighted by molar-refractivity contribution is -0.113. The molecule has 1 heterocycles. The smallest absolute Gasteiger partial charge is 0.251 e. The average Bonchev–Trinajstić information content (AvgIpc) is 3.16. The Bertz CT molecular complexity index is 1020. The molecule has 1 atom stereocenters. The van der Waals surface area contributed by atoms with Gasteiger partial charge in [-0.1, -0.05) is 47.7 Å². The van der Waals surface area contributed by atoms with Crippen molar-refractivity contribution < 1.29 is 9.59 Å². The van der Waals surface area contributed by atoms with Crippen molar-refractivity contribution >= 4 is 29.3 Å². The maximum absolute atomic E-state index is 12.5. The number of nitrogens with zero attached hydrogens (tertiary/aromatic N) is 3. The van der Waals surface area contributed by atoms with Gasteiger partial charge in [-0.15, -0.1) is 10.2 Å². The Morgan fingerprint density at radius 3 is 2.57 bits per heavy atom. The molecule has 0 radical (unpaired) electrons. The second-order valence-corrected chi connectivity index (χ2v) is 7.80. The van der Waals surface area contributed by atoms with E-state index in [1.807, 2.05) is 73.9 Å². The molecule has 2 amide bonds. The van der Waals surface area contributed by atoms with Crippen molar-refractivity contribution in [1.29, 1.82) is 0 Å². The van der Waals surface area contributed by atoms with Crippen molar-refractivity contribution in [2.75, 3.05) is 11.1 Å². The summed E-state index contributed by atoms with van der Waals surface area (Å²) in [5.41, 5.74) is 2.39. The molecule has 0 saturated carbocycles. The van der Waals surface area contributed by atoms with Crippen LogP contribution in [-0.4, -0.2) is 32.3 Å². The van der Waals surface area contributed by atoms with Crippen molar-refractivity contribution in [2.45, 2.75) is 38.5 Å². The Morgan fingerprint density at radius 2 is 1.87 bits per heavy atom. The minimum Gasteiger partial charge on any atom is -0.342 e. The molecule has 0 aliphatic carbocycles. The van der Waals surface area contributed by atoms with E-state index in [0.717, 1.165) is 11.3 Å². The Balaban J connectivity index is 1.63. The van der Waals surface area contributed by atoms with Gasteiger partial charge in [-0.05, 0) is 45.0 Å². The highest BCUT2D eigenvalue weighted by atomic mass is 32.2. The number of hydrogen-bond donors (Lipinski definition) is 2. The molecule has 156 valence electrons. The standard InChI is InChI=1S/C22H25N5O2S/c1-4-27-20(16(3)23-21(29)17-10-8-9-15(2)13-17)25-26-22(27)30-14-19(28)24-18-11-6-5-7-12-18/h5-13,16H,4,14H2,1-3H3,(H,23,29)(H,24,28)/t16-/m0/s1. The van der Waals surface area contributed by atoms with Crippen LogP contribution in [0.3, 0.4) is 0 Å². The number of aryl methyl sites for hydroxylation is 1. The zero-order chi connectivity index (χ0) is 21.5. The second-order valence-electron chi connectivity index (χ2n) is 6.85. The molecule has 0 saturated heterocycles. The number of benzene rings is 2. The number of carbonyl (C=O) groups is 2. The van der Waals surface area contributed by atoms with Gasteiger partial charge in [0.2, 0.25) is 5.91 Å². The Morgan fingerprint density at radius 1 is 1.10 bits per heavy atom. The van der Waals surface area contributed by atoms with Crippen LogP contribution in [0.2, 0.25) is 0 Å². The number of rotatable bonds is 8. The SMILES string of the molecule is CCn1c(SCC(=O)Nc2ccccc2)nnc1[C@H](C)NC(=O)c1cccc(C)c1. The van der Waals surface area contributed by atoms with Crippen molar-refractivity contribution in [3.05, 3.63) is 71.5 Å². The predicted molar refractivity (Wildman–Crippen MR) is 119 cm³/mol. The molecule has 0 aliphatic heterocycles. The number of anilines is 1. The normalized spacial score (nSPS) is 11.7. The minimum atomic E-state index is -0.321. The topological polar surface area (TPSA) is 88.9 Å². The number of carbonyl (C=O) groups excluding carboxylic acids is 2. The molecule has 0 spiro atoms. The van der Waals surface area contributed by atoms with Crippen LogP contribution < -0.4 is 10.6 Å². The molecule has 0 fully saturated rings. The van der Waals surface area contributed by atoms with Gasteiger partial charge >= 0.3 is 0 Å². The molecular formula is C22H25N5O2S. The van der Waals surface area contributed by atoms with E-state index in [2.05, 4.69) is 20.8 Å². The monoisotopic (exact) mass is 423 g/mol. The number of aromatic nitrogens is 3. The van der Waals surface area contributed by atoms with Gasteiger partial charge < -0.3 is 15.2 Å². The first-order valence-electron chi connectivity index (χ1n) is 9.76. The largest absolute Gasteiger partial charge is 0.342 e. The zero-order valence-corrected chi connectivity index (χ0v) is 18.1. The molecule has 3 rings (SSSR count). The third-order valence-corrected chi connectivity index (χ3v) is 5.43. The van der Waals surface area contributed by atoms with Crippen LogP contribution in [-0.2, 0) is 11.3 Å². The highest BCUT2D eigenvalue weighted by Crippen LogP contribution is 2.21. The van der Waals surface area contributed by atoms with E-state index in [0.29, 0.717) is 23.1 Å². The minimum absolute atomic E-state index is 0.112. The number of nitrogens with one attached hydrogen (secondary N) is 2. The third kappa shape index (κ3) is 5.48. The molecule has 8 heteroatoms. The van der Waals surface area contributed by atoms with E-state index >= 15 is 0 Å². The summed E-state index contributed by atoms with van der Waals surface area (Å²) in [6.45, 7) is 6.44. The molecule has 0 bridgehead atoms. The van der Waals surface area contributed by atoms with Crippen molar-refractivity contribution in [1.82, 2.24) is 20.1 Å².